The van der Waals surface area contributed by atoms with Crippen LogP contribution in [0.15, 0.2) is 0 Å². The van der Waals surface area contributed by atoms with Crippen molar-refractivity contribution in [3.05, 3.63) is 13.3 Å². The molecule has 0 aromatic rings. The van der Waals surface area contributed by atoms with Crippen molar-refractivity contribution in [2.45, 2.75) is 33.3 Å². The zero-order valence-corrected chi connectivity index (χ0v) is 11.2. The first-order chi connectivity index (χ1) is 5.08. The van der Waals surface area contributed by atoms with E-state index in [1.165, 1.54) is 0 Å². The summed E-state index contributed by atoms with van der Waals surface area (Å²) in [5.41, 5.74) is 0.131. The molecular formula is C10H18OY-2. The van der Waals surface area contributed by atoms with Crippen LogP contribution in [0.25, 0.3) is 0 Å². The summed E-state index contributed by atoms with van der Waals surface area (Å²) in [5, 5.41) is 0. The van der Waals surface area contributed by atoms with E-state index >= 15 is 0 Å². The van der Waals surface area contributed by atoms with E-state index in [4.69, 9.17) is 4.74 Å². The fourth-order valence-electron chi connectivity index (χ4n) is 1.52. The maximum atomic E-state index is 5.54. The van der Waals surface area contributed by atoms with Crippen LogP contribution in [0.2, 0.25) is 0 Å². The van der Waals surface area contributed by atoms with Gasteiger partial charge in [-0.1, -0.05) is 33.3 Å². The number of hydrogen-bond donors (Lipinski definition) is 0. The van der Waals surface area contributed by atoms with Gasteiger partial charge in [-0.25, -0.2) is 0 Å². The van der Waals surface area contributed by atoms with Crippen LogP contribution >= 0.6 is 0 Å². The van der Waals surface area contributed by atoms with Gasteiger partial charge in [-0.2, -0.15) is 11.3 Å². The Morgan fingerprint density at radius 1 is 1.58 bits per heavy atom. The third-order valence-electron chi connectivity index (χ3n) is 2.86. The molecular weight excluding hydrogens is 225 g/mol. The van der Waals surface area contributed by atoms with E-state index in [0.29, 0.717) is 12.0 Å². The van der Waals surface area contributed by atoms with Gasteiger partial charge in [-0.3, -0.25) is 6.42 Å². The fourth-order valence-corrected chi connectivity index (χ4v) is 1.52. The van der Waals surface area contributed by atoms with Crippen molar-refractivity contribution in [1.29, 1.82) is 0 Å². The summed E-state index contributed by atoms with van der Waals surface area (Å²) in [6.45, 7) is 11.5. The minimum Gasteiger partial charge on any atom is -0.412 e. The molecule has 1 radical (unpaired) electrons. The molecule has 1 rings (SSSR count). The summed E-state index contributed by atoms with van der Waals surface area (Å²) in [4.78, 5) is 0. The molecule has 0 amide bonds. The molecule has 69 valence electrons. The minimum atomic E-state index is 0. The first-order valence-corrected chi connectivity index (χ1v) is 4.40. The van der Waals surface area contributed by atoms with E-state index in [9.17, 15) is 0 Å². The van der Waals surface area contributed by atoms with Crippen LogP contribution in [0.3, 0.4) is 0 Å². The maximum absolute atomic E-state index is 5.54. The van der Waals surface area contributed by atoms with E-state index in [2.05, 4.69) is 34.1 Å². The SMILES string of the molecule is [CH2-]C1(CC)CO[C@@H](C)[CH-]C1C.[Y]. The average Bonchev–Trinajstić information content (AvgIpc) is 1.98. The Morgan fingerprint density at radius 3 is 2.58 bits per heavy atom. The zero-order chi connectivity index (χ0) is 8.48. The number of ether oxygens (including phenoxy) is 1. The fraction of sp³-hybridized carbons (Fsp3) is 0.800. The Morgan fingerprint density at radius 2 is 2.17 bits per heavy atom. The predicted octanol–water partition coefficient (Wildman–Crippen LogP) is 2.47. The van der Waals surface area contributed by atoms with E-state index in [0.717, 1.165) is 13.0 Å². The summed E-state index contributed by atoms with van der Waals surface area (Å²) in [6.07, 6.45) is 3.66. The average molecular weight is 243 g/mol. The maximum Gasteiger partial charge on any atom is 0.0195 e. The van der Waals surface area contributed by atoms with Crippen LogP contribution < -0.4 is 0 Å². The van der Waals surface area contributed by atoms with E-state index < -0.39 is 0 Å². The van der Waals surface area contributed by atoms with Crippen LogP contribution in [-0.4, -0.2) is 12.7 Å². The van der Waals surface area contributed by atoms with Gasteiger partial charge in [0.15, 0.2) is 0 Å². The van der Waals surface area contributed by atoms with Gasteiger partial charge in [0.25, 0.3) is 0 Å². The van der Waals surface area contributed by atoms with Crippen LogP contribution in [0, 0.1) is 24.7 Å². The molecule has 1 nitrogen and oxygen atoms in total. The standard InChI is InChI=1S/C10H18O.Y/c1-5-10(4)7-11-9(3)6-8(10)2;/h6,8-9H,4-5,7H2,1-3H3;/q-2;/t8?,9-,10?;/m0./s1. The van der Waals surface area contributed by atoms with Crippen molar-refractivity contribution < 1.29 is 37.4 Å². The molecule has 0 spiro atoms. The van der Waals surface area contributed by atoms with Crippen molar-refractivity contribution >= 4 is 0 Å². The largest absolute Gasteiger partial charge is 0.412 e. The second kappa shape index (κ2) is 5.07. The van der Waals surface area contributed by atoms with Gasteiger partial charge in [0.2, 0.25) is 0 Å². The van der Waals surface area contributed by atoms with E-state index in [-0.39, 0.29) is 38.1 Å². The third-order valence-corrected chi connectivity index (χ3v) is 2.86. The van der Waals surface area contributed by atoms with E-state index in [1.807, 2.05) is 0 Å². The molecule has 1 aliphatic heterocycles. The smallest absolute Gasteiger partial charge is 0.0195 e. The van der Waals surface area contributed by atoms with Gasteiger partial charge >= 0.3 is 0 Å². The van der Waals surface area contributed by atoms with E-state index in [1.54, 1.807) is 0 Å². The third kappa shape index (κ3) is 2.78. The molecule has 1 aliphatic rings. The van der Waals surface area contributed by atoms with Crippen molar-refractivity contribution in [1.82, 2.24) is 0 Å². The van der Waals surface area contributed by atoms with Crippen molar-refractivity contribution in [3.63, 3.8) is 0 Å². The van der Waals surface area contributed by atoms with Crippen LogP contribution in [0.1, 0.15) is 27.2 Å². The van der Waals surface area contributed by atoms with Gasteiger partial charge in [0, 0.05) is 39.3 Å². The summed E-state index contributed by atoms with van der Waals surface area (Å²) in [5.74, 6) is 0.580. The molecule has 1 saturated heterocycles. The number of hydrogen-bond acceptors (Lipinski definition) is 1. The molecule has 0 N–H and O–H groups in total. The molecule has 2 heteroatoms. The molecule has 1 heterocycles. The Balaban J connectivity index is 0.00000121. The van der Waals surface area contributed by atoms with Gasteiger partial charge in [0.05, 0.1) is 0 Å². The summed E-state index contributed by atoms with van der Waals surface area (Å²) >= 11 is 0. The monoisotopic (exact) mass is 243 g/mol. The molecule has 0 bridgehead atoms. The molecule has 12 heavy (non-hydrogen) atoms. The summed E-state index contributed by atoms with van der Waals surface area (Å²) in [6, 6.07) is 0. The Kier molecular flexibility index (Phi) is 5.52. The second-order valence-corrected chi connectivity index (χ2v) is 3.71. The first-order valence-electron chi connectivity index (χ1n) is 4.40. The molecule has 0 aromatic heterocycles. The molecule has 3 atom stereocenters. The Bertz CT molecular complexity index is 138. The second-order valence-electron chi connectivity index (χ2n) is 3.71. The molecule has 1 fully saturated rings. The van der Waals surface area contributed by atoms with Crippen LogP contribution in [0.4, 0.5) is 0 Å². The molecule has 0 saturated carbocycles. The topological polar surface area (TPSA) is 9.23 Å². The van der Waals surface area contributed by atoms with Crippen molar-refractivity contribution in [3.8, 4) is 0 Å². The van der Waals surface area contributed by atoms with Crippen LogP contribution in [0.5, 0.6) is 0 Å². The van der Waals surface area contributed by atoms with Crippen molar-refractivity contribution in [2.24, 2.45) is 11.3 Å². The molecule has 2 unspecified atom stereocenters. The molecule has 0 aliphatic carbocycles. The minimum absolute atomic E-state index is 0. The van der Waals surface area contributed by atoms with Gasteiger partial charge in [-0.15, -0.1) is 0 Å². The quantitative estimate of drug-likeness (QED) is 0.643. The molecule has 0 aromatic carbocycles. The normalized spacial score (nSPS) is 42.0. The Hall–Kier alpha value is 1.06. The number of rotatable bonds is 1. The Labute approximate surface area is 102 Å². The van der Waals surface area contributed by atoms with Gasteiger partial charge in [-0.05, 0) is 0 Å². The summed E-state index contributed by atoms with van der Waals surface area (Å²) < 4.78 is 5.54. The first kappa shape index (κ1) is 13.1. The van der Waals surface area contributed by atoms with Crippen LogP contribution in [-0.2, 0) is 37.4 Å². The zero-order valence-electron chi connectivity index (χ0n) is 8.34. The summed E-state index contributed by atoms with van der Waals surface area (Å²) in [7, 11) is 0. The van der Waals surface area contributed by atoms with Crippen molar-refractivity contribution in [2.75, 3.05) is 6.61 Å². The van der Waals surface area contributed by atoms with Gasteiger partial charge in [0.1, 0.15) is 0 Å². The predicted molar refractivity (Wildman–Crippen MR) is 47.0 cm³/mol. The van der Waals surface area contributed by atoms with Gasteiger partial charge < -0.3 is 11.7 Å².